The van der Waals surface area contributed by atoms with Crippen LogP contribution in [0.25, 0.3) is 0 Å². The van der Waals surface area contributed by atoms with Crippen LogP contribution in [-0.2, 0) is 6.54 Å². The van der Waals surface area contributed by atoms with E-state index in [2.05, 4.69) is 29.8 Å². The van der Waals surface area contributed by atoms with Gasteiger partial charge in [-0.25, -0.2) is 0 Å². The predicted molar refractivity (Wildman–Crippen MR) is 70.5 cm³/mol. The molecule has 1 atom stereocenters. The van der Waals surface area contributed by atoms with Crippen LogP contribution in [0.4, 0.5) is 0 Å². The van der Waals surface area contributed by atoms with E-state index in [1.54, 1.807) is 0 Å². The maximum atomic E-state index is 5.90. The van der Waals surface area contributed by atoms with Crippen molar-refractivity contribution >= 4 is 0 Å². The van der Waals surface area contributed by atoms with Crippen molar-refractivity contribution in [3.05, 3.63) is 30.1 Å². The number of likely N-dealkylation sites (tertiary alicyclic amines) is 1. The third kappa shape index (κ3) is 3.05. The molecule has 0 radical (unpaired) electrons. The molecule has 0 aromatic carbocycles. The zero-order valence-corrected chi connectivity index (χ0v) is 10.9. The molecule has 1 aliphatic rings. The molecule has 1 unspecified atom stereocenters. The Balaban J connectivity index is 1.96. The Labute approximate surface area is 104 Å². The van der Waals surface area contributed by atoms with Crippen LogP contribution >= 0.6 is 0 Å². The largest absolute Gasteiger partial charge is 0.330 e. The summed E-state index contributed by atoms with van der Waals surface area (Å²) in [5.74, 6) is 0.605. The van der Waals surface area contributed by atoms with E-state index in [1.165, 1.54) is 18.5 Å². The molecule has 1 fully saturated rings. The smallest absolute Gasteiger partial charge is 0.0312 e. The summed E-state index contributed by atoms with van der Waals surface area (Å²) in [6, 6.07) is 4.15. The standard InChI is InChI=1S/C14H23N3/c1-14(2)5-7-17(11-13(14)8-15)10-12-4-3-6-16-9-12/h3-4,6,9,13H,5,7-8,10-11,15H2,1-2H3. The van der Waals surface area contributed by atoms with Crippen molar-refractivity contribution in [2.24, 2.45) is 17.1 Å². The Morgan fingerprint density at radius 1 is 1.53 bits per heavy atom. The number of hydrogen-bond acceptors (Lipinski definition) is 3. The summed E-state index contributed by atoms with van der Waals surface area (Å²) in [6.45, 7) is 8.74. The van der Waals surface area contributed by atoms with Gasteiger partial charge >= 0.3 is 0 Å². The van der Waals surface area contributed by atoms with Crippen LogP contribution in [0.2, 0.25) is 0 Å². The summed E-state index contributed by atoms with van der Waals surface area (Å²) < 4.78 is 0. The van der Waals surface area contributed by atoms with Crippen LogP contribution in [0.15, 0.2) is 24.5 Å². The van der Waals surface area contributed by atoms with E-state index in [-0.39, 0.29) is 0 Å². The van der Waals surface area contributed by atoms with Gasteiger partial charge in [-0.05, 0) is 42.5 Å². The number of pyridine rings is 1. The highest BCUT2D eigenvalue weighted by atomic mass is 15.1. The first-order valence-corrected chi connectivity index (χ1v) is 6.43. The van der Waals surface area contributed by atoms with Gasteiger partial charge in [0.15, 0.2) is 0 Å². The van der Waals surface area contributed by atoms with Gasteiger partial charge in [0.25, 0.3) is 0 Å². The maximum Gasteiger partial charge on any atom is 0.0312 e. The minimum absolute atomic E-state index is 0.389. The quantitative estimate of drug-likeness (QED) is 0.867. The molecule has 1 aliphatic heterocycles. The van der Waals surface area contributed by atoms with Crippen LogP contribution in [0.1, 0.15) is 25.8 Å². The number of hydrogen-bond donors (Lipinski definition) is 1. The third-order valence-corrected chi connectivity index (χ3v) is 4.07. The first kappa shape index (κ1) is 12.5. The van der Waals surface area contributed by atoms with E-state index < -0.39 is 0 Å². The van der Waals surface area contributed by atoms with E-state index in [0.29, 0.717) is 11.3 Å². The summed E-state index contributed by atoms with van der Waals surface area (Å²) >= 11 is 0. The average Bonchev–Trinajstić information content (AvgIpc) is 2.33. The van der Waals surface area contributed by atoms with Crippen molar-refractivity contribution in [2.75, 3.05) is 19.6 Å². The van der Waals surface area contributed by atoms with Crippen LogP contribution in [-0.4, -0.2) is 29.5 Å². The molecule has 1 aromatic rings. The summed E-state index contributed by atoms with van der Waals surface area (Å²) in [6.07, 6.45) is 5.01. The lowest BCUT2D eigenvalue weighted by atomic mass is 9.73. The van der Waals surface area contributed by atoms with Crippen molar-refractivity contribution in [2.45, 2.75) is 26.8 Å². The monoisotopic (exact) mass is 233 g/mol. The minimum Gasteiger partial charge on any atom is -0.330 e. The maximum absolute atomic E-state index is 5.90. The lowest BCUT2D eigenvalue weighted by molar-refractivity contribution is 0.0605. The van der Waals surface area contributed by atoms with E-state index >= 15 is 0 Å². The highest BCUT2D eigenvalue weighted by Crippen LogP contribution is 2.35. The molecule has 0 amide bonds. The Morgan fingerprint density at radius 2 is 2.35 bits per heavy atom. The SMILES string of the molecule is CC1(C)CCN(Cc2cccnc2)CC1CN. The van der Waals surface area contributed by atoms with Gasteiger partial charge in [0.05, 0.1) is 0 Å². The predicted octanol–water partition coefficient (Wildman–Crippen LogP) is 1.89. The Bertz CT molecular complexity index is 348. The third-order valence-electron chi connectivity index (χ3n) is 4.07. The molecule has 1 aromatic heterocycles. The van der Waals surface area contributed by atoms with Gasteiger partial charge in [-0.2, -0.15) is 0 Å². The van der Waals surface area contributed by atoms with Crippen LogP contribution in [0.3, 0.4) is 0 Å². The molecular formula is C14H23N3. The van der Waals surface area contributed by atoms with Gasteiger partial charge in [0.1, 0.15) is 0 Å². The lowest BCUT2D eigenvalue weighted by Gasteiger charge is -2.43. The van der Waals surface area contributed by atoms with Gasteiger partial charge < -0.3 is 5.73 Å². The van der Waals surface area contributed by atoms with Gasteiger partial charge in [-0.1, -0.05) is 19.9 Å². The number of nitrogens with two attached hydrogens (primary N) is 1. The second kappa shape index (κ2) is 5.15. The van der Waals surface area contributed by atoms with E-state index in [0.717, 1.165) is 19.6 Å². The molecule has 0 aliphatic carbocycles. The molecule has 2 N–H and O–H groups in total. The van der Waals surface area contributed by atoms with Crippen LogP contribution in [0.5, 0.6) is 0 Å². The fourth-order valence-corrected chi connectivity index (χ4v) is 2.59. The van der Waals surface area contributed by atoms with Crippen molar-refractivity contribution in [1.29, 1.82) is 0 Å². The number of piperidine rings is 1. The molecule has 17 heavy (non-hydrogen) atoms. The zero-order chi connectivity index (χ0) is 12.3. The molecule has 0 bridgehead atoms. The van der Waals surface area contributed by atoms with Crippen LogP contribution < -0.4 is 5.73 Å². The summed E-state index contributed by atoms with van der Waals surface area (Å²) in [4.78, 5) is 6.67. The minimum atomic E-state index is 0.389. The first-order valence-electron chi connectivity index (χ1n) is 6.43. The number of rotatable bonds is 3. The fourth-order valence-electron chi connectivity index (χ4n) is 2.59. The van der Waals surface area contributed by atoms with Crippen LogP contribution in [0, 0.1) is 11.3 Å². The van der Waals surface area contributed by atoms with Gasteiger partial charge in [-0.3, -0.25) is 9.88 Å². The first-order chi connectivity index (χ1) is 8.12. The molecule has 3 heteroatoms. The molecule has 0 spiro atoms. The molecule has 3 nitrogen and oxygen atoms in total. The Kier molecular flexibility index (Phi) is 3.79. The summed E-state index contributed by atoms with van der Waals surface area (Å²) in [5, 5.41) is 0. The highest BCUT2D eigenvalue weighted by molar-refractivity contribution is 5.08. The summed E-state index contributed by atoms with van der Waals surface area (Å²) in [7, 11) is 0. The molecular weight excluding hydrogens is 210 g/mol. The molecule has 2 heterocycles. The van der Waals surface area contributed by atoms with Gasteiger partial charge in [-0.15, -0.1) is 0 Å². The normalized spacial score (nSPS) is 24.8. The highest BCUT2D eigenvalue weighted by Gasteiger charge is 2.34. The van der Waals surface area contributed by atoms with Gasteiger partial charge in [0.2, 0.25) is 0 Å². The molecule has 0 saturated carbocycles. The fraction of sp³-hybridized carbons (Fsp3) is 0.643. The lowest BCUT2D eigenvalue weighted by Crippen LogP contribution is -2.47. The van der Waals surface area contributed by atoms with Crippen molar-refractivity contribution < 1.29 is 0 Å². The van der Waals surface area contributed by atoms with E-state index in [1.807, 2.05) is 18.5 Å². The topological polar surface area (TPSA) is 42.2 Å². The molecule has 1 saturated heterocycles. The van der Waals surface area contributed by atoms with Crippen molar-refractivity contribution in [1.82, 2.24) is 9.88 Å². The van der Waals surface area contributed by atoms with E-state index in [9.17, 15) is 0 Å². The Morgan fingerprint density at radius 3 is 3.00 bits per heavy atom. The number of nitrogens with zero attached hydrogens (tertiary/aromatic N) is 2. The van der Waals surface area contributed by atoms with Gasteiger partial charge in [0, 0.05) is 25.5 Å². The molecule has 94 valence electrons. The number of aromatic nitrogens is 1. The zero-order valence-electron chi connectivity index (χ0n) is 10.9. The van der Waals surface area contributed by atoms with Crippen molar-refractivity contribution in [3.8, 4) is 0 Å². The van der Waals surface area contributed by atoms with E-state index in [4.69, 9.17) is 5.73 Å². The van der Waals surface area contributed by atoms with Crippen molar-refractivity contribution in [3.63, 3.8) is 0 Å². The second-order valence-corrected chi connectivity index (χ2v) is 5.77. The summed E-state index contributed by atoms with van der Waals surface area (Å²) in [5.41, 5.74) is 7.58. The molecule has 2 rings (SSSR count). The second-order valence-electron chi connectivity index (χ2n) is 5.77. The Hall–Kier alpha value is -0.930. The average molecular weight is 233 g/mol.